The van der Waals surface area contributed by atoms with Gasteiger partial charge in [-0.05, 0) is 18.1 Å². The first-order chi connectivity index (χ1) is 8.19. The summed E-state index contributed by atoms with van der Waals surface area (Å²) in [6.07, 6.45) is 4.66. The lowest BCUT2D eigenvalue weighted by atomic mass is 9.97. The number of oxime groups is 1. The van der Waals surface area contributed by atoms with E-state index in [1.165, 1.54) is 11.1 Å². The Hall–Kier alpha value is -1.42. The van der Waals surface area contributed by atoms with Crippen molar-refractivity contribution in [1.29, 1.82) is 0 Å². The summed E-state index contributed by atoms with van der Waals surface area (Å²) in [6.45, 7) is 7.00. The largest absolute Gasteiger partial charge is 0.411 e. The smallest absolute Gasteiger partial charge is 0.0624 e. The van der Waals surface area contributed by atoms with Crippen LogP contribution in [0.3, 0.4) is 0 Å². The van der Waals surface area contributed by atoms with E-state index < -0.39 is 0 Å². The second-order valence-electron chi connectivity index (χ2n) is 4.85. The average molecular weight is 233 g/mol. The first-order valence-corrected chi connectivity index (χ1v) is 6.02. The Morgan fingerprint density at radius 1 is 1.53 bits per heavy atom. The highest BCUT2D eigenvalue weighted by molar-refractivity contribution is 5.86. The quantitative estimate of drug-likeness (QED) is 0.628. The van der Waals surface area contributed by atoms with Crippen LogP contribution in [-0.2, 0) is 6.54 Å². The fourth-order valence-corrected chi connectivity index (χ4v) is 2.36. The first-order valence-electron chi connectivity index (χ1n) is 6.02. The number of rotatable bonds is 2. The van der Waals surface area contributed by atoms with E-state index in [-0.39, 0.29) is 0 Å². The van der Waals surface area contributed by atoms with Gasteiger partial charge < -0.3 is 5.21 Å². The minimum absolute atomic E-state index is 0.339. The zero-order valence-corrected chi connectivity index (χ0v) is 10.4. The van der Waals surface area contributed by atoms with Gasteiger partial charge in [0.25, 0.3) is 0 Å². The van der Waals surface area contributed by atoms with Gasteiger partial charge in [-0.1, -0.05) is 18.1 Å². The van der Waals surface area contributed by atoms with Crippen molar-refractivity contribution < 1.29 is 5.21 Å². The molecule has 2 heterocycles. The second kappa shape index (κ2) is 5.27. The van der Waals surface area contributed by atoms with Crippen LogP contribution < -0.4 is 0 Å². The summed E-state index contributed by atoms with van der Waals surface area (Å²) in [6, 6.07) is 2.17. The molecule has 0 aromatic carbocycles. The number of aryl methyl sites for hydroxylation is 1. The minimum Gasteiger partial charge on any atom is -0.411 e. The van der Waals surface area contributed by atoms with E-state index in [4.69, 9.17) is 5.21 Å². The molecule has 0 spiro atoms. The van der Waals surface area contributed by atoms with Gasteiger partial charge in [0, 0.05) is 44.4 Å². The van der Waals surface area contributed by atoms with E-state index in [2.05, 4.69) is 35.0 Å². The van der Waals surface area contributed by atoms with Crippen LogP contribution in [0.25, 0.3) is 0 Å². The monoisotopic (exact) mass is 233 g/mol. The van der Waals surface area contributed by atoms with Crippen LogP contribution in [0.4, 0.5) is 0 Å². The first kappa shape index (κ1) is 12.0. The maximum atomic E-state index is 8.83. The number of likely N-dealkylation sites (tertiary alicyclic amines) is 1. The SMILES string of the molecule is Cc1cncc(CN2CC/C(=N\O)C(C)C2)c1. The average Bonchev–Trinajstić information content (AvgIpc) is 2.29. The van der Waals surface area contributed by atoms with Gasteiger partial charge in [-0.3, -0.25) is 9.88 Å². The molecular weight excluding hydrogens is 214 g/mol. The summed E-state index contributed by atoms with van der Waals surface area (Å²) >= 11 is 0. The van der Waals surface area contributed by atoms with Crippen LogP contribution in [0.1, 0.15) is 24.5 Å². The summed E-state index contributed by atoms with van der Waals surface area (Å²) in [4.78, 5) is 6.59. The molecule has 1 aliphatic heterocycles. The molecule has 17 heavy (non-hydrogen) atoms. The number of hydrogen-bond acceptors (Lipinski definition) is 4. The number of nitrogens with zero attached hydrogens (tertiary/aromatic N) is 3. The molecule has 1 fully saturated rings. The van der Waals surface area contributed by atoms with Crippen LogP contribution in [0, 0.1) is 12.8 Å². The van der Waals surface area contributed by atoms with E-state index in [1.54, 1.807) is 0 Å². The Bertz CT molecular complexity index is 417. The maximum Gasteiger partial charge on any atom is 0.0624 e. The van der Waals surface area contributed by atoms with E-state index >= 15 is 0 Å². The normalized spacial score (nSPS) is 24.1. The molecule has 92 valence electrons. The number of piperidine rings is 1. The molecule has 0 radical (unpaired) electrons. The Morgan fingerprint density at radius 3 is 3.00 bits per heavy atom. The second-order valence-corrected chi connectivity index (χ2v) is 4.85. The summed E-state index contributed by atoms with van der Waals surface area (Å²) in [5.74, 6) is 0.339. The van der Waals surface area contributed by atoms with Crippen LogP contribution in [0.5, 0.6) is 0 Å². The third-order valence-corrected chi connectivity index (χ3v) is 3.25. The molecule has 1 aromatic rings. The van der Waals surface area contributed by atoms with Crippen molar-refractivity contribution in [2.24, 2.45) is 11.1 Å². The third-order valence-electron chi connectivity index (χ3n) is 3.25. The minimum atomic E-state index is 0.339. The molecule has 0 bridgehead atoms. The zero-order chi connectivity index (χ0) is 12.3. The van der Waals surface area contributed by atoms with Gasteiger partial charge in [-0.25, -0.2) is 0 Å². The fourth-order valence-electron chi connectivity index (χ4n) is 2.36. The van der Waals surface area contributed by atoms with Gasteiger partial charge in [0.15, 0.2) is 0 Å². The van der Waals surface area contributed by atoms with Crippen LogP contribution in [0.15, 0.2) is 23.6 Å². The van der Waals surface area contributed by atoms with E-state index in [1.807, 2.05) is 12.4 Å². The predicted octanol–water partition coefficient (Wildman–Crippen LogP) is 2.06. The Kier molecular flexibility index (Phi) is 3.74. The molecular formula is C13H19N3O. The predicted molar refractivity (Wildman–Crippen MR) is 67.3 cm³/mol. The molecule has 1 atom stereocenters. The van der Waals surface area contributed by atoms with Crippen LogP contribution >= 0.6 is 0 Å². The van der Waals surface area contributed by atoms with Gasteiger partial charge in [0.1, 0.15) is 0 Å². The molecule has 4 nitrogen and oxygen atoms in total. The lowest BCUT2D eigenvalue weighted by Gasteiger charge is -2.31. The Labute approximate surface area is 102 Å². The summed E-state index contributed by atoms with van der Waals surface area (Å²) in [5.41, 5.74) is 3.37. The van der Waals surface area contributed by atoms with Crippen molar-refractivity contribution in [3.63, 3.8) is 0 Å². The molecule has 1 saturated heterocycles. The van der Waals surface area contributed by atoms with Gasteiger partial charge in [0.05, 0.1) is 5.71 Å². The molecule has 4 heteroatoms. The molecule has 1 unspecified atom stereocenters. The molecule has 0 aliphatic carbocycles. The van der Waals surface area contributed by atoms with Crippen molar-refractivity contribution >= 4 is 5.71 Å². The van der Waals surface area contributed by atoms with Crippen molar-refractivity contribution in [3.05, 3.63) is 29.6 Å². The maximum absolute atomic E-state index is 8.83. The fraction of sp³-hybridized carbons (Fsp3) is 0.538. The standard InChI is InChI=1S/C13H19N3O/c1-10-5-12(7-14-6-10)9-16-4-3-13(15-17)11(2)8-16/h5-7,11,17H,3-4,8-9H2,1-2H3/b15-13+. The van der Waals surface area contributed by atoms with Crippen LogP contribution in [0.2, 0.25) is 0 Å². The Balaban J connectivity index is 1.97. The summed E-state index contributed by atoms with van der Waals surface area (Å²) in [5, 5.41) is 12.2. The lowest BCUT2D eigenvalue weighted by Crippen LogP contribution is -2.39. The van der Waals surface area contributed by atoms with Crippen LogP contribution in [-0.4, -0.2) is 33.9 Å². The van der Waals surface area contributed by atoms with Gasteiger partial charge in [0.2, 0.25) is 0 Å². The van der Waals surface area contributed by atoms with E-state index in [9.17, 15) is 0 Å². The molecule has 1 aromatic heterocycles. The van der Waals surface area contributed by atoms with Gasteiger partial charge in [-0.15, -0.1) is 0 Å². The number of hydrogen-bond donors (Lipinski definition) is 1. The van der Waals surface area contributed by atoms with Gasteiger partial charge in [-0.2, -0.15) is 0 Å². The number of pyridine rings is 1. The van der Waals surface area contributed by atoms with E-state index in [0.29, 0.717) is 5.92 Å². The lowest BCUT2D eigenvalue weighted by molar-refractivity contribution is 0.228. The zero-order valence-electron chi connectivity index (χ0n) is 10.4. The number of aromatic nitrogens is 1. The Morgan fingerprint density at radius 2 is 2.35 bits per heavy atom. The highest BCUT2D eigenvalue weighted by atomic mass is 16.4. The molecule has 1 N–H and O–H groups in total. The molecule has 1 aliphatic rings. The summed E-state index contributed by atoms with van der Waals surface area (Å²) in [7, 11) is 0. The highest BCUT2D eigenvalue weighted by Gasteiger charge is 2.22. The molecule has 0 amide bonds. The third kappa shape index (κ3) is 3.03. The molecule has 2 rings (SSSR count). The van der Waals surface area contributed by atoms with Crippen molar-refractivity contribution in [1.82, 2.24) is 9.88 Å². The van der Waals surface area contributed by atoms with E-state index in [0.717, 1.165) is 31.8 Å². The van der Waals surface area contributed by atoms with Crippen molar-refractivity contribution in [2.75, 3.05) is 13.1 Å². The summed E-state index contributed by atoms with van der Waals surface area (Å²) < 4.78 is 0. The van der Waals surface area contributed by atoms with Crippen molar-refractivity contribution in [2.45, 2.75) is 26.8 Å². The highest BCUT2D eigenvalue weighted by Crippen LogP contribution is 2.16. The van der Waals surface area contributed by atoms with Crippen molar-refractivity contribution in [3.8, 4) is 0 Å². The van der Waals surface area contributed by atoms with Gasteiger partial charge >= 0.3 is 0 Å². The molecule has 0 saturated carbocycles. The topological polar surface area (TPSA) is 48.7 Å².